The molecule has 3 nitrogen and oxygen atoms in total. The Labute approximate surface area is 118 Å². The number of aromatic nitrogens is 2. The number of hydrogen-bond acceptors (Lipinski definition) is 3. The number of halogens is 1. The van der Waals surface area contributed by atoms with E-state index < -0.39 is 0 Å². The highest BCUT2D eigenvalue weighted by Gasteiger charge is 2.14. The smallest absolute Gasteiger partial charge is 0.132 e. The first kappa shape index (κ1) is 13.8. The second-order valence-electron chi connectivity index (χ2n) is 4.93. The third kappa shape index (κ3) is 3.67. The fraction of sp³-hybridized carbons (Fsp3) is 0.714. The van der Waals surface area contributed by atoms with Crippen LogP contribution in [-0.4, -0.2) is 21.3 Å². The van der Waals surface area contributed by atoms with Gasteiger partial charge in [0.1, 0.15) is 12.1 Å². The summed E-state index contributed by atoms with van der Waals surface area (Å²) in [5.74, 6) is 1.07. The number of rotatable bonds is 5. The van der Waals surface area contributed by atoms with Gasteiger partial charge >= 0.3 is 0 Å². The average Bonchev–Trinajstić information content (AvgIpc) is 2.64. The zero-order valence-electron chi connectivity index (χ0n) is 11.1. The van der Waals surface area contributed by atoms with Gasteiger partial charge in [0, 0.05) is 22.6 Å². The van der Waals surface area contributed by atoms with Gasteiger partial charge in [0.2, 0.25) is 0 Å². The average molecular weight is 312 g/mol. The van der Waals surface area contributed by atoms with E-state index in [1.807, 2.05) is 0 Å². The van der Waals surface area contributed by atoms with E-state index in [-0.39, 0.29) is 0 Å². The maximum absolute atomic E-state index is 4.44. The maximum Gasteiger partial charge on any atom is 0.132 e. The van der Waals surface area contributed by atoms with E-state index in [1.54, 1.807) is 6.33 Å². The van der Waals surface area contributed by atoms with E-state index in [1.165, 1.54) is 36.9 Å². The highest BCUT2D eigenvalue weighted by atomic mass is 79.9. The van der Waals surface area contributed by atoms with Gasteiger partial charge in [-0.2, -0.15) is 0 Å². The lowest BCUT2D eigenvalue weighted by atomic mass is 10.1. The van der Waals surface area contributed by atoms with Crippen LogP contribution in [0.4, 0.5) is 5.82 Å². The molecule has 0 fully saturated rings. The van der Waals surface area contributed by atoms with E-state index >= 15 is 0 Å². The molecule has 1 aromatic heterocycles. The molecule has 0 amide bonds. The molecule has 1 aliphatic rings. The van der Waals surface area contributed by atoms with E-state index in [0.717, 1.165) is 31.6 Å². The van der Waals surface area contributed by atoms with Crippen molar-refractivity contribution in [1.29, 1.82) is 0 Å². The number of anilines is 1. The third-order valence-corrected chi connectivity index (χ3v) is 4.67. The lowest BCUT2D eigenvalue weighted by molar-refractivity contribution is 0.708. The quantitative estimate of drug-likeness (QED) is 0.665. The Balaban J connectivity index is 1.99. The number of hydrogen-bond donors (Lipinski definition) is 1. The van der Waals surface area contributed by atoms with Crippen molar-refractivity contribution < 1.29 is 0 Å². The van der Waals surface area contributed by atoms with E-state index in [9.17, 15) is 0 Å². The molecule has 1 aromatic rings. The van der Waals surface area contributed by atoms with Crippen LogP contribution in [0.25, 0.3) is 0 Å². The first-order valence-corrected chi connectivity index (χ1v) is 7.93. The minimum absolute atomic E-state index is 0.602. The predicted octanol–water partition coefficient (Wildman–Crippen LogP) is 3.72. The molecule has 100 valence electrons. The van der Waals surface area contributed by atoms with Crippen LogP contribution in [0.2, 0.25) is 0 Å². The summed E-state index contributed by atoms with van der Waals surface area (Å²) in [5.41, 5.74) is 2.62. The highest BCUT2D eigenvalue weighted by Crippen LogP contribution is 2.23. The zero-order valence-corrected chi connectivity index (χ0v) is 12.7. The number of nitrogens with zero attached hydrogens (tertiary/aromatic N) is 2. The van der Waals surface area contributed by atoms with Crippen molar-refractivity contribution in [2.75, 3.05) is 11.9 Å². The van der Waals surface area contributed by atoms with Crippen molar-refractivity contribution in [3.05, 3.63) is 17.6 Å². The van der Waals surface area contributed by atoms with Crippen LogP contribution in [0.3, 0.4) is 0 Å². The van der Waals surface area contributed by atoms with Crippen LogP contribution in [0.5, 0.6) is 0 Å². The molecule has 0 saturated carbocycles. The van der Waals surface area contributed by atoms with Gasteiger partial charge in [0.25, 0.3) is 0 Å². The molecule has 1 unspecified atom stereocenters. The second kappa shape index (κ2) is 7.07. The molecular weight excluding hydrogens is 290 g/mol. The molecule has 1 N–H and O–H groups in total. The molecule has 0 radical (unpaired) electrons. The van der Waals surface area contributed by atoms with Crippen molar-refractivity contribution in [2.45, 2.75) is 56.7 Å². The fourth-order valence-corrected chi connectivity index (χ4v) is 2.63. The van der Waals surface area contributed by atoms with Crippen LogP contribution >= 0.6 is 15.9 Å². The summed E-state index contributed by atoms with van der Waals surface area (Å²) in [7, 11) is 0. The normalized spacial score (nSPS) is 16.8. The Hall–Kier alpha value is -0.640. The van der Waals surface area contributed by atoms with Gasteiger partial charge in [-0.05, 0) is 38.5 Å². The molecule has 0 aromatic carbocycles. The molecule has 1 heterocycles. The molecule has 2 rings (SSSR count). The summed E-state index contributed by atoms with van der Waals surface area (Å²) in [6.07, 6.45) is 10.1. The molecular formula is C14H22BrN3. The Bertz CT molecular complexity index is 381. The second-order valence-corrected chi connectivity index (χ2v) is 6.22. The number of alkyl halides is 1. The Morgan fingerprint density at radius 1 is 1.28 bits per heavy atom. The van der Waals surface area contributed by atoms with Gasteiger partial charge in [-0.25, -0.2) is 9.97 Å². The lowest BCUT2D eigenvalue weighted by Gasteiger charge is -2.13. The monoisotopic (exact) mass is 311 g/mol. The summed E-state index contributed by atoms with van der Waals surface area (Å²) in [6.45, 7) is 3.18. The maximum atomic E-state index is 4.44. The lowest BCUT2D eigenvalue weighted by Crippen LogP contribution is -2.12. The summed E-state index contributed by atoms with van der Waals surface area (Å²) in [5, 5.41) is 3.48. The summed E-state index contributed by atoms with van der Waals surface area (Å²) in [6, 6.07) is 0. The summed E-state index contributed by atoms with van der Waals surface area (Å²) >= 11 is 3.66. The van der Waals surface area contributed by atoms with Crippen molar-refractivity contribution in [1.82, 2.24) is 9.97 Å². The van der Waals surface area contributed by atoms with Crippen LogP contribution in [0.15, 0.2) is 6.33 Å². The highest BCUT2D eigenvalue weighted by molar-refractivity contribution is 9.09. The first-order chi connectivity index (χ1) is 8.81. The minimum Gasteiger partial charge on any atom is -0.370 e. The van der Waals surface area contributed by atoms with Crippen LogP contribution < -0.4 is 5.32 Å². The Morgan fingerprint density at radius 3 is 2.94 bits per heavy atom. The number of nitrogens with one attached hydrogen (secondary N) is 1. The van der Waals surface area contributed by atoms with E-state index in [0.29, 0.717) is 4.83 Å². The van der Waals surface area contributed by atoms with Crippen LogP contribution in [-0.2, 0) is 12.8 Å². The van der Waals surface area contributed by atoms with Gasteiger partial charge in [-0.15, -0.1) is 0 Å². The molecule has 18 heavy (non-hydrogen) atoms. The summed E-state index contributed by atoms with van der Waals surface area (Å²) in [4.78, 5) is 9.46. The molecule has 0 aliphatic heterocycles. The van der Waals surface area contributed by atoms with Crippen molar-refractivity contribution in [2.24, 2.45) is 0 Å². The van der Waals surface area contributed by atoms with Crippen LogP contribution in [0, 0.1) is 0 Å². The van der Waals surface area contributed by atoms with Crippen LogP contribution in [0.1, 0.15) is 50.3 Å². The van der Waals surface area contributed by atoms with Gasteiger partial charge < -0.3 is 5.32 Å². The fourth-order valence-electron chi connectivity index (χ4n) is 2.40. The van der Waals surface area contributed by atoms with Gasteiger partial charge in [-0.1, -0.05) is 29.3 Å². The molecule has 4 heteroatoms. The Kier molecular flexibility index (Phi) is 5.42. The first-order valence-electron chi connectivity index (χ1n) is 7.02. The molecule has 1 atom stereocenters. The standard InChI is InChI=1S/C14H22BrN3/c1-2-11(15)8-9-16-14-12-6-4-3-5-7-13(12)17-10-18-14/h10-11H,2-9H2,1H3,(H,16,17,18). The van der Waals surface area contributed by atoms with Gasteiger partial charge in [0.05, 0.1) is 0 Å². The van der Waals surface area contributed by atoms with Crippen molar-refractivity contribution >= 4 is 21.7 Å². The third-order valence-electron chi connectivity index (χ3n) is 3.57. The molecule has 1 aliphatic carbocycles. The SMILES string of the molecule is CCC(Br)CCNc1ncnc2c1CCCCC2. The number of fused-ring (bicyclic) bond motifs is 1. The Morgan fingerprint density at radius 2 is 2.11 bits per heavy atom. The van der Waals surface area contributed by atoms with Gasteiger partial charge in [-0.3, -0.25) is 0 Å². The molecule has 0 spiro atoms. The topological polar surface area (TPSA) is 37.8 Å². The predicted molar refractivity (Wildman–Crippen MR) is 79.4 cm³/mol. The minimum atomic E-state index is 0.602. The van der Waals surface area contributed by atoms with E-state index in [2.05, 4.69) is 38.1 Å². The zero-order chi connectivity index (χ0) is 12.8. The summed E-state index contributed by atoms with van der Waals surface area (Å²) < 4.78 is 0. The van der Waals surface area contributed by atoms with Crippen molar-refractivity contribution in [3.63, 3.8) is 0 Å². The van der Waals surface area contributed by atoms with Crippen molar-refractivity contribution in [3.8, 4) is 0 Å². The molecule has 0 bridgehead atoms. The van der Waals surface area contributed by atoms with E-state index in [4.69, 9.17) is 0 Å². The van der Waals surface area contributed by atoms with Gasteiger partial charge in [0.15, 0.2) is 0 Å². The largest absolute Gasteiger partial charge is 0.370 e. The number of aryl methyl sites for hydroxylation is 1. The molecule has 0 saturated heterocycles.